The fraction of sp³-hybridized carbons (Fsp3) is 0.636. The molecule has 0 aliphatic heterocycles. The summed E-state index contributed by atoms with van der Waals surface area (Å²) in [4.78, 5) is 11.1. The Bertz CT molecular complexity index is 358. The van der Waals surface area contributed by atoms with Gasteiger partial charge in [-0.25, -0.2) is 0 Å². The minimum Gasteiger partial charge on any atom is -0.300 e. The third-order valence-corrected chi connectivity index (χ3v) is 3.66. The minimum absolute atomic E-state index is 0.329. The van der Waals surface area contributed by atoms with E-state index in [0.29, 0.717) is 18.6 Å². The van der Waals surface area contributed by atoms with E-state index in [0.717, 1.165) is 28.8 Å². The lowest BCUT2D eigenvalue weighted by molar-refractivity contribution is -0.118. The van der Waals surface area contributed by atoms with Gasteiger partial charge in [-0.2, -0.15) is 5.10 Å². The average molecular weight is 273 g/mol. The minimum atomic E-state index is 0.329. The summed E-state index contributed by atoms with van der Waals surface area (Å²) in [6.07, 6.45) is 2.17. The number of rotatable bonds is 5. The molecule has 84 valence electrons. The molecule has 0 fully saturated rings. The molecule has 1 aromatic rings. The van der Waals surface area contributed by atoms with E-state index in [9.17, 15) is 4.79 Å². The molecule has 0 unspecified atom stereocenters. The van der Waals surface area contributed by atoms with Crippen LogP contribution in [0.1, 0.15) is 37.6 Å². The highest BCUT2D eigenvalue weighted by Crippen LogP contribution is 2.19. The number of carbonyl (C=O) groups excluding carboxylic acids is 1. The van der Waals surface area contributed by atoms with Gasteiger partial charge in [0.1, 0.15) is 5.78 Å². The van der Waals surface area contributed by atoms with Gasteiger partial charge in [-0.1, -0.05) is 6.92 Å². The van der Waals surface area contributed by atoms with Gasteiger partial charge in [-0.05, 0) is 36.2 Å². The number of ketones is 1. The Labute approximate surface area is 99.0 Å². The largest absolute Gasteiger partial charge is 0.300 e. The number of aryl methyl sites for hydroxylation is 2. The van der Waals surface area contributed by atoms with Crippen molar-refractivity contribution in [2.45, 2.75) is 46.6 Å². The van der Waals surface area contributed by atoms with Crippen LogP contribution >= 0.6 is 15.9 Å². The highest BCUT2D eigenvalue weighted by molar-refractivity contribution is 9.10. The monoisotopic (exact) mass is 272 g/mol. The van der Waals surface area contributed by atoms with Gasteiger partial charge in [0.05, 0.1) is 10.2 Å². The fourth-order valence-electron chi connectivity index (χ4n) is 1.50. The van der Waals surface area contributed by atoms with Crippen LogP contribution in [0.5, 0.6) is 0 Å². The Morgan fingerprint density at radius 3 is 2.60 bits per heavy atom. The molecule has 1 aromatic heterocycles. The molecule has 0 atom stereocenters. The number of nitrogens with zero attached hydrogens (tertiary/aromatic N) is 2. The molecule has 0 radical (unpaired) electrons. The quantitative estimate of drug-likeness (QED) is 0.826. The third kappa shape index (κ3) is 3.16. The van der Waals surface area contributed by atoms with E-state index in [1.54, 1.807) is 0 Å². The predicted octanol–water partition coefficient (Wildman–Crippen LogP) is 3.02. The molecular formula is C11H17BrN2O. The average Bonchev–Trinajstić information content (AvgIpc) is 2.46. The Morgan fingerprint density at radius 2 is 2.13 bits per heavy atom. The van der Waals surface area contributed by atoms with Crippen molar-refractivity contribution >= 4 is 21.7 Å². The standard InChI is InChI=1S/C11H17BrN2O/c1-4-10(15)6-5-7-14-9(3)11(12)8(2)13-14/h4-7H2,1-3H3. The number of hydrogen-bond donors (Lipinski definition) is 0. The van der Waals surface area contributed by atoms with Crippen molar-refractivity contribution in [3.05, 3.63) is 15.9 Å². The van der Waals surface area contributed by atoms with Crippen LogP contribution in [0.3, 0.4) is 0 Å². The zero-order valence-corrected chi connectivity index (χ0v) is 11.1. The van der Waals surface area contributed by atoms with E-state index in [2.05, 4.69) is 21.0 Å². The lowest BCUT2D eigenvalue weighted by atomic mass is 10.2. The van der Waals surface area contributed by atoms with Gasteiger partial charge in [-0.15, -0.1) is 0 Å². The van der Waals surface area contributed by atoms with E-state index < -0.39 is 0 Å². The summed E-state index contributed by atoms with van der Waals surface area (Å²) in [6.45, 7) is 6.74. The summed E-state index contributed by atoms with van der Waals surface area (Å²) in [5, 5.41) is 4.39. The number of halogens is 1. The van der Waals surface area contributed by atoms with Gasteiger partial charge >= 0.3 is 0 Å². The van der Waals surface area contributed by atoms with Crippen LogP contribution in [-0.4, -0.2) is 15.6 Å². The Morgan fingerprint density at radius 1 is 1.47 bits per heavy atom. The van der Waals surface area contributed by atoms with Gasteiger partial charge in [0.2, 0.25) is 0 Å². The Kier molecular flexibility index (Phi) is 4.51. The van der Waals surface area contributed by atoms with Gasteiger partial charge in [0, 0.05) is 25.1 Å². The maximum Gasteiger partial charge on any atom is 0.132 e. The SMILES string of the molecule is CCC(=O)CCCn1nc(C)c(Br)c1C. The summed E-state index contributed by atoms with van der Waals surface area (Å²) in [6, 6.07) is 0. The van der Waals surface area contributed by atoms with Crippen molar-refractivity contribution < 1.29 is 4.79 Å². The second-order valence-electron chi connectivity index (χ2n) is 3.70. The van der Waals surface area contributed by atoms with Crippen LogP contribution in [-0.2, 0) is 11.3 Å². The molecule has 0 amide bonds. The van der Waals surface area contributed by atoms with Crippen LogP contribution in [0.4, 0.5) is 0 Å². The van der Waals surface area contributed by atoms with E-state index in [1.165, 1.54) is 0 Å². The van der Waals surface area contributed by atoms with E-state index in [4.69, 9.17) is 0 Å². The molecule has 0 bridgehead atoms. The summed E-state index contributed by atoms with van der Waals surface area (Å²) in [5.74, 6) is 0.329. The van der Waals surface area contributed by atoms with Crippen molar-refractivity contribution in [3.8, 4) is 0 Å². The van der Waals surface area contributed by atoms with Crippen molar-refractivity contribution in [2.75, 3.05) is 0 Å². The van der Waals surface area contributed by atoms with Crippen molar-refractivity contribution in [3.63, 3.8) is 0 Å². The van der Waals surface area contributed by atoms with Gasteiger partial charge in [0.15, 0.2) is 0 Å². The predicted molar refractivity (Wildman–Crippen MR) is 63.9 cm³/mol. The summed E-state index contributed by atoms with van der Waals surface area (Å²) >= 11 is 3.48. The molecule has 15 heavy (non-hydrogen) atoms. The lowest BCUT2D eigenvalue weighted by Crippen LogP contribution is -2.05. The van der Waals surface area contributed by atoms with E-state index >= 15 is 0 Å². The van der Waals surface area contributed by atoms with E-state index in [-0.39, 0.29) is 0 Å². The molecule has 3 nitrogen and oxygen atoms in total. The van der Waals surface area contributed by atoms with Crippen LogP contribution in [0.15, 0.2) is 4.47 Å². The fourth-order valence-corrected chi connectivity index (χ4v) is 1.78. The second-order valence-corrected chi connectivity index (χ2v) is 4.50. The molecule has 1 heterocycles. The second kappa shape index (κ2) is 5.45. The first-order chi connectivity index (χ1) is 7.06. The van der Waals surface area contributed by atoms with Crippen LogP contribution in [0.25, 0.3) is 0 Å². The Hall–Kier alpha value is -0.640. The molecular weight excluding hydrogens is 256 g/mol. The molecule has 0 saturated heterocycles. The van der Waals surface area contributed by atoms with Crippen molar-refractivity contribution in [1.82, 2.24) is 9.78 Å². The molecule has 0 N–H and O–H groups in total. The maximum atomic E-state index is 11.1. The zero-order chi connectivity index (χ0) is 11.4. The molecule has 0 aliphatic carbocycles. The molecule has 0 saturated carbocycles. The highest BCUT2D eigenvalue weighted by atomic mass is 79.9. The number of carbonyl (C=O) groups is 1. The molecule has 1 rings (SSSR count). The molecule has 0 aromatic carbocycles. The lowest BCUT2D eigenvalue weighted by Gasteiger charge is -2.03. The summed E-state index contributed by atoms with van der Waals surface area (Å²) < 4.78 is 3.03. The van der Waals surface area contributed by atoms with Crippen molar-refractivity contribution in [2.24, 2.45) is 0 Å². The van der Waals surface area contributed by atoms with Gasteiger partial charge in [0.25, 0.3) is 0 Å². The van der Waals surface area contributed by atoms with Crippen LogP contribution in [0.2, 0.25) is 0 Å². The smallest absolute Gasteiger partial charge is 0.132 e. The first-order valence-corrected chi connectivity index (χ1v) is 6.06. The third-order valence-electron chi connectivity index (χ3n) is 2.51. The van der Waals surface area contributed by atoms with E-state index in [1.807, 2.05) is 25.5 Å². The summed E-state index contributed by atoms with van der Waals surface area (Å²) in [5.41, 5.74) is 2.14. The number of aromatic nitrogens is 2. The van der Waals surface area contributed by atoms with Crippen LogP contribution < -0.4 is 0 Å². The Balaban J connectivity index is 2.51. The maximum absolute atomic E-state index is 11.1. The topological polar surface area (TPSA) is 34.9 Å². The first kappa shape index (κ1) is 12.4. The molecule has 0 aliphatic rings. The number of Topliss-reactive ketones (excluding diaryl/α,β-unsaturated/α-hetero) is 1. The molecule has 0 spiro atoms. The first-order valence-electron chi connectivity index (χ1n) is 5.27. The summed E-state index contributed by atoms with van der Waals surface area (Å²) in [7, 11) is 0. The van der Waals surface area contributed by atoms with Crippen LogP contribution in [0, 0.1) is 13.8 Å². The molecule has 4 heteroatoms. The zero-order valence-electron chi connectivity index (χ0n) is 9.51. The van der Waals surface area contributed by atoms with Gasteiger partial charge < -0.3 is 0 Å². The van der Waals surface area contributed by atoms with Gasteiger partial charge in [-0.3, -0.25) is 9.48 Å². The normalized spacial score (nSPS) is 10.7. The van der Waals surface area contributed by atoms with Crippen molar-refractivity contribution in [1.29, 1.82) is 0 Å². The number of hydrogen-bond acceptors (Lipinski definition) is 2. The highest BCUT2D eigenvalue weighted by Gasteiger charge is 2.08.